The SMILES string of the molecule is CN(C(=O)CC(=O)O)c1ccc(Br)s1. The van der Waals surface area contributed by atoms with Gasteiger partial charge in [0.25, 0.3) is 0 Å². The fourth-order valence-corrected chi connectivity index (χ4v) is 2.20. The number of hydrogen-bond donors (Lipinski definition) is 1. The van der Waals surface area contributed by atoms with E-state index in [0.29, 0.717) is 0 Å². The maximum absolute atomic E-state index is 11.3. The average molecular weight is 278 g/mol. The van der Waals surface area contributed by atoms with Crippen molar-refractivity contribution in [1.29, 1.82) is 0 Å². The number of carboxylic acids is 1. The summed E-state index contributed by atoms with van der Waals surface area (Å²) in [5, 5.41) is 9.16. The lowest BCUT2D eigenvalue weighted by Gasteiger charge is -2.12. The molecule has 0 spiro atoms. The lowest BCUT2D eigenvalue weighted by atomic mass is 10.4. The molecule has 1 rings (SSSR count). The van der Waals surface area contributed by atoms with E-state index in [2.05, 4.69) is 15.9 Å². The molecule has 0 saturated heterocycles. The van der Waals surface area contributed by atoms with Crippen LogP contribution < -0.4 is 4.90 Å². The van der Waals surface area contributed by atoms with Crippen molar-refractivity contribution in [1.82, 2.24) is 0 Å². The van der Waals surface area contributed by atoms with E-state index in [0.717, 1.165) is 8.79 Å². The third-order valence-corrected chi connectivity index (χ3v) is 3.27. The van der Waals surface area contributed by atoms with E-state index < -0.39 is 18.3 Å². The smallest absolute Gasteiger partial charge is 0.312 e. The van der Waals surface area contributed by atoms with E-state index in [-0.39, 0.29) is 0 Å². The number of carboxylic acid groups (broad SMARTS) is 1. The van der Waals surface area contributed by atoms with Crippen LogP contribution in [0.5, 0.6) is 0 Å². The topological polar surface area (TPSA) is 57.6 Å². The Bertz CT molecular complexity index is 363. The number of carbonyl (C=O) groups excluding carboxylic acids is 1. The highest BCUT2D eigenvalue weighted by Crippen LogP contribution is 2.29. The molecule has 1 aromatic heterocycles. The maximum Gasteiger partial charge on any atom is 0.312 e. The zero-order valence-electron chi connectivity index (χ0n) is 7.36. The summed E-state index contributed by atoms with van der Waals surface area (Å²) in [7, 11) is 1.56. The third-order valence-electron chi connectivity index (χ3n) is 1.57. The van der Waals surface area contributed by atoms with E-state index in [9.17, 15) is 9.59 Å². The van der Waals surface area contributed by atoms with Crippen LogP contribution in [-0.4, -0.2) is 24.0 Å². The van der Waals surface area contributed by atoms with E-state index >= 15 is 0 Å². The van der Waals surface area contributed by atoms with Gasteiger partial charge in [-0.3, -0.25) is 9.59 Å². The number of aliphatic carboxylic acids is 1. The lowest BCUT2D eigenvalue weighted by Crippen LogP contribution is -2.27. The van der Waals surface area contributed by atoms with Gasteiger partial charge in [-0.05, 0) is 28.1 Å². The first-order chi connectivity index (χ1) is 6.50. The van der Waals surface area contributed by atoms with E-state index in [1.807, 2.05) is 6.07 Å². The summed E-state index contributed by atoms with van der Waals surface area (Å²) in [4.78, 5) is 22.9. The van der Waals surface area contributed by atoms with Gasteiger partial charge in [0, 0.05) is 7.05 Å². The number of anilines is 1. The monoisotopic (exact) mass is 277 g/mol. The first-order valence-electron chi connectivity index (χ1n) is 3.74. The number of nitrogens with zero attached hydrogens (tertiary/aromatic N) is 1. The molecule has 0 aliphatic heterocycles. The zero-order chi connectivity index (χ0) is 10.7. The van der Waals surface area contributed by atoms with Gasteiger partial charge in [0.15, 0.2) is 0 Å². The van der Waals surface area contributed by atoms with Crippen LogP contribution in [-0.2, 0) is 9.59 Å². The molecule has 1 N–H and O–H groups in total. The van der Waals surface area contributed by atoms with Crippen molar-refractivity contribution >= 4 is 44.1 Å². The van der Waals surface area contributed by atoms with Gasteiger partial charge in [-0.1, -0.05) is 0 Å². The number of thiophene rings is 1. The fraction of sp³-hybridized carbons (Fsp3) is 0.250. The second-order valence-electron chi connectivity index (χ2n) is 2.60. The number of rotatable bonds is 3. The van der Waals surface area contributed by atoms with Crippen LogP contribution in [0.2, 0.25) is 0 Å². The minimum atomic E-state index is -1.11. The first kappa shape index (κ1) is 11.2. The van der Waals surface area contributed by atoms with Gasteiger partial charge < -0.3 is 10.0 Å². The Morgan fingerprint density at radius 2 is 2.21 bits per heavy atom. The summed E-state index contributed by atoms with van der Waals surface area (Å²) >= 11 is 4.64. The third kappa shape index (κ3) is 2.81. The Labute approximate surface area is 93.3 Å². The summed E-state index contributed by atoms with van der Waals surface area (Å²) in [5.41, 5.74) is 0. The van der Waals surface area contributed by atoms with Crippen LogP contribution in [0.4, 0.5) is 5.00 Å². The number of amides is 1. The van der Waals surface area contributed by atoms with Crippen LogP contribution in [0.15, 0.2) is 15.9 Å². The Kier molecular flexibility index (Phi) is 3.65. The first-order valence-corrected chi connectivity index (χ1v) is 5.35. The summed E-state index contributed by atoms with van der Waals surface area (Å²) in [6, 6.07) is 3.57. The molecule has 0 fully saturated rings. The molecule has 0 bridgehead atoms. The average Bonchev–Trinajstić information content (AvgIpc) is 2.49. The Hall–Kier alpha value is -0.880. The molecule has 0 aliphatic rings. The number of carbonyl (C=O) groups is 2. The molecule has 4 nitrogen and oxygen atoms in total. The van der Waals surface area contributed by atoms with Gasteiger partial charge in [0.2, 0.25) is 5.91 Å². The second-order valence-corrected chi connectivity index (χ2v) is 5.04. The van der Waals surface area contributed by atoms with Gasteiger partial charge in [-0.2, -0.15) is 0 Å². The molecule has 0 atom stereocenters. The van der Waals surface area contributed by atoms with Gasteiger partial charge in [0.1, 0.15) is 6.42 Å². The van der Waals surface area contributed by atoms with Crippen molar-refractivity contribution in [2.45, 2.75) is 6.42 Å². The fourth-order valence-electron chi connectivity index (χ4n) is 0.856. The van der Waals surface area contributed by atoms with Gasteiger partial charge in [-0.15, -0.1) is 11.3 Å². The summed E-state index contributed by atoms with van der Waals surface area (Å²) < 4.78 is 0.905. The minimum Gasteiger partial charge on any atom is -0.481 e. The van der Waals surface area contributed by atoms with E-state index in [1.54, 1.807) is 13.1 Å². The van der Waals surface area contributed by atoms with Crippen molar-refractivity contribution in [3.8, 4) is 0 Å². The molecule has 0 unspecified atom stereocenters. The summed E-state index contributed by atoms with van der Waals surface area (Å²) in [6.45, 7) is 0. The van der Waals surface area contributed by atoms with Crippen molar-refractivity contribution < 1.29 is 14.7 Å². The Morgan fingerprint density at radius 1 is 1.57 bits per heavy atom. The molecule has 1 aromatic rings. The Balaban J connectivity index is 2.70. The maximum atomic E-state index is 11.3. The highest BCUT2D eigenvalue weighted by molar-refractivity contribution is 9.11. The second kappa shape index (κ2) is 4.56. The molecular formula is C8H8BrNO3S. The molecule has 0 radical (unpaired) electrons. The predicted octanol–water partition coefficient (Wildman–Crippen LogP) is 1.95. The van der Waals surface area contributed by atoms with Gasteiger partial charge >= 0.3 is 5.97 Å². The van der Waals surface area contributed by atoms with Crippen LogP contribution >= 0.6 is 27.3 Å². The number of hydrogen-bond acceptors (Lipinski definition) is 3. The molecule has 0 aliphatic carbocycles. The normalized spacial score (nSPS) is 9.86. The summed E-state index contributed by atoms with van der Waals surface area (Å²) in [5.74, 6) is -1.54. The van der Waals surface area contributed by atoms with Crippen LogP contribution in [0.25, 0.3) is 0 Å². The molecule has 14 heavy (non-hydrogen) atoms. The minimum absolute atomic E-state index is 0.424. The highest BCUT2D eigenvalue weighted by atomic mass is 79.9. The zero-order valence-corrected chi connectivity index (χ0v) is 9.76. The number of halogens is 1. The van der Waals surface area contributed by atoms with Crippen molar-refractivity contribution in [3.05, 3.63) is 15.9 Å². The van der Waals surface area contributed by atoms with Gasteiger partial charge in [0.05, 0.1) is 8.79 Å². The van der Waals surface area contributed by atoms with Gasteiger partial charge in [-0.25, -0.2) is 0 Å². The molecule has 76 valence electrons. The van der Waals surface area contributed by atoms with E-state index in [4.69, 9.17) is 5.11 Å². The quantitative estimate of drug-likeness (QED) is 0.860. The predicted molar refractivity (Wildman–Crippen MR) is 57.7 cm³/mol. The molecule has 6 heteroatoms. The lowest BCUT2D eigenvalue weighted by molar-refractivity contribution is -0.140. The summed E-state index contributed by atoms with van der Waals surface area (Å²) in [6.07, 6.45) is -0.480. The van der Waals surface area contributed by atoms with E-state index in [1.165, 1.54) is 16.2 Å². The molecular weight excluding hydrogens is 270 g/mol. The van der Waals surface area contributed by atoms with Crippen LogP contribution in [0.3, 0.4) is 0 Å². The molecule has 1 amide bonds. The largest absolute Gasteiger partial charge is 0.481 e. The van der Waals surface area contributed by atoms with Crippen molar-refractivity contribution in [2.24, 2.45) is 0 Å². The van der Waals surface area contributed by atoms with Crippen molar-refractivity contribution in [2.75, 3.05) is 11.9 Å². The highest BCUT2D eigenvalue weighted by Gasteiger charge is 2.15. The molecule has 1 heterocycles. The van der Waals surface area contributed by atoms with Crippen molar-refractivity contribution in [3.63, 3.8) is 0 Å². The standard InChI is InChI=1S/C8H8BrNO3S/c1-10(6(11)4-8(12)13)7-3-2-5(9)14-7/h2-3H,4H2,1H3,(H,12,13). The van der Waals surface area contributed by atoms with Crippen LogP contribution in [0, 0.1) is 0 Å². The molecule has 0 saturated carbocycles. The van der Waals surface area contributed by atoms with Crippen LogP contribution in [0.1, 0.15) is 6.42 Å². The Morgan fingerprint density at radius 3 is 2.64 bits per heavy atom. The molecule has 0 aromatic carbocycles.